The predicted octanol–water partition coefficient (Wildman–Crippen LogP) is 6.95. The van der Waals surface area contributed by atoms with Crippen LogP contribution in [-0.2, 0) is 5.54 Å². The average Bonchev–Trinajstić information content (AvgIpc) is 3.45. The van der Waals surface area contributed by atoms with E-state index in [0.717, 1.165) is 34.1 Å². The summed E-state index contributed by atoms with van der Waals surface area (Å²) in [6.45, 7) is 2.15. The molecule has 2 aromatic heterocycles. The topological polar surface area (TPSA) is 31.0 Å². The maximum absolute atomic E-state index is 6.20. The molecule has 5 rings (SSSR count). The molecular formula is C26H20ClN2O. The molecule has 0 aliphatic heterocycles. The van der Waals surface area contributed by atoms with E-state index in [9.17, 15) is 0 Å². The normalized spacial score (nSPS) is 13.4. The highest BCUT2D eigenvalue weighted by atomic mass is 35.5. The largest absolute Gasteiger partial charge is 0.445 e. The number of halogens is 1. The molecule has 1 atom stereocenters. The Morgan fingerprint density at radius 3 is 2.57 bits per heavy atom. The highest BCUT2D eigenvalue weighted by molar-refractivity contribution is 6.30. The Morgan fingerprint density at radius 1 is 1.00 bits per heavy atom. The van der Waals surface area contributed by atoms with Crippen molar-refractivity contribution in [3.63, 3.8) is 0 Å². The van der Waals surface area contributed by atoms with Crippen molar-refractivity contribution in [2.45, 2.75) is 18.9 Å². The molecule has 3 nitrogen and oxygen atoms in total. The summed E-state index contributed by atoms with van der Waals surface area (Å²) in [5.74, 6) is 0.646. The Labute approximate surface area is 180 Å². The molecule has 0 aliphatic carbocycles. The van der Waals surface area contributed by atoms with Crippen molar-refractivity contribution in [1.82, 2.24) is 9.55 Å². The maximum atomic E-state index is 6.20. The SMILES string of the molecule is CCC(c1ccc(Cl)cc1)(c1nc(-c2ccccc2)co1)n1ccc2[c]cccc21. The van der Waals surface area contributed by atoms with Crippen LogP contribution in [0.1, 0.15) is 24.8 Å². The quantitative estimate of drug-likeness (QED) is 0.313. The number of rotatable bonds is 5. The fraction of sp³-hybridized carbons (Fsp3) is 0.115. The molecule has 3 aromatic carbocycles. The second-order valence-electron chi connectivity index (χ2n) is 7.28. The van der Waals surface area contributed by atoms with Gasteiger partial charge in [0.25, 0.3) is 0 Å². The Kier molecular flexibility index (Phi) is 4.68. The van der Waals surface area contributed by atoms with E-state index < -0.39 is 5.54 Å². The molecule has 1 radical (unpaired) electrons. The van der Waals surface area contributed by atoms with Crippen molar-refractivity contribution in [2.75, 3.05) is 0 Å². The van der Waals surface area contributed by atoms with Gasteiger partial charge in [-0.3, -0.25) is 0 Å². The lowest BCUT2D eigenvalue weighted by Gasteiger charge is -2.33. The number of fused-ring (bicyclic) bond motifs is 1. The smallest absolute Gasteiger partial charge is 0.225 e. The zero-order valence-electron chi connectivity index (χ0n) is 16.5. The van der Waals surface area contributed by atoms with Crippen molar-refractivity contribution >= 4 is 22.5 Å². The van der Waals surface area contributed by atoms with E-state index in [1.165, 1.54) is 0 Å². The van der Waals surface area contributed by atoms with Gasteiger partial charge in [-0.25, -0.2) is 4.98 Å². The Morgan fingerprint density at radius 2 is 1.80 bits per heavy atom. The Hall–Kier alpha value is -3.30. The van der Waals surface area contributed by atoms with Gasteiger partial charge in [-0.2, -0.15) is 0 Å². The number of hydrogen-bond donors (Lipinski definition) is 0. The molecule has 4 heteroatoms. The number of oxazole rings is 1. The van der Waals surface area contributed by atoms with Gasteiger partial charge < -0.3 is 8.98 Å². The van der Waals surface area contributed by atoms with Crippen LogP contribution in [0, 0.1) is 6.07 Å². The molecular weight excluding hydrogens is 392 g/mol. The molecule has 0 aliphatic rings. The molecule has 0 bridgehead atoms. The van der Waals surface area contributed by atoms with Gasteiger partial charge in [0.05, 0.1) is 0 Å². The van der Waals surface area contributed by atoms with Crippen LogP contribution in [0.3, 0.4) is 0 Å². The molecule has 0 N–H and O–H groups in total. The lowest BCUT2D eigenvalue weighted by Crippen LogP contribution is -2.35. The summed E-state index contributed by atoms with van der Waals surface area (Å²) in [6, 6.07) is 29.5. The first-order valence-electron chi connectivity index (χ1n) is 9.98. The summed E-state index contributed by atoms with van der Waals surface area (Å²) < 4.78 is 8.40. The highest BCUT2D eigenvalue weighted by Crippen LogP contribution is 2.40. The van der Waals surface area contributed by atoms with E-state index in [4.69, 9.17) is 21.0 Å². The van der Waals surface area contributed by atoms with Crippen LogP contribution in [-0.4, -0.2) is 9.55 Å². The van der Waals surface area contributed by atoms with Gasteiger partial charge in [0, 0.05) is 27.7 Å². The first-order valence-corrected chi connectivity index (χ1v) is 10.4. The summed E-state index contributed by atoms with van der Waals surface area (Å²) in [6.07, 6.45) is 4.58. The van der Waals surface area contributed by atoms with Gasteiger partial charge in [0.1, 0.15) is 17.5 Å². The van der Waals surface area contributed by atoms with Crippen molar-refractivity contribution in [1.29, 1.82) is 0 Å². The van der Waals surface area contributed by atoms with Crippen molar-refractivity contribution < 1.29 is 4.42 Å². The average molecular weight is 412 g/mol. The minimum absolute atomic E-state index is 0.617. The summed E-state index contributed by atoms with van der Waals surface area (Å²) in [5, 5.41) is 1.76. The zero-order chi connectivity index (χ0) is 20.6. The summed E-state index contributed by atoms with van der Waals surface area (Å²) >= 11 is 6.20. The summed E-state index contributed by atoms with van der Waals surface area (Å²) in [7, 11) is 0. The van der Waals surface area contributed by atoms with Crippen LogP contribution in [0.15, 0.2) is 95.7 Å². The second kappa shape index (κ2) is 7.51. The summed E-state index contributed by atoms with van der Waals surface area (Å²) in [4.78, 5) is 4.95. The summed E-state index contributed by atoms with van der Waals surface area (Å²) in [5.41, 5.74) is 3.37. The van der Waals surface area contributed by atoms with Crippen molar-refractivity contribution in [3.8, 4) is 11.3 Å². The van der Waals surface area contributed by atoms with Crippen LogP contribution in [0.5, 0.6) is 0 Å². The van der Waals surface area contributed by atoms with E-state index in [-0.39, 0.29) is 0 Å². The van der Waals surface area contributed by atoms with Gasteiger partial charge in [-0.15, -0.1) is 0 Å². The third kappa shape index (κ3) is 2.94. The van der Waals surface area contributed by atoms with Gasteiger partial charge in [0.15, 0.2) is 0 Å². The molecule has 0 saturated heterocycles. The van der Waals surface area contributed by atoms with Gasteiger partial charge in [0.2, 0.25) is 5.89 Å². The van der Waals surface area contributed by atoms with E-state index >= 15 is 0 Å². The number of aromatic nitrogens is 2. The first kappa shape index (κ1) is 18.7. The lowest BCUT2D eigenvalue weighted by molar-refractivity contribution is 0.321. The van der Waals surface area contributed by atoms with Crippen LogP contribution >= 0.6 is 11.6 Å². The van der Waals surface area contributed by atoms with Gasteiger partial charge in [-0.05, 0) is 42.3 Å². The van der Waals surface area contributed by atoms with Crippen LogP contribution in [0.25, 0.3) is 22.2 Å². The van der Waals surface area contributed by atoms with Crippen molar-refractivity contribution in [3.05, 3.63) is 114 Å². The predicted molar refractivity (Wildman–Crippen MR) is 121 cm³/mol. The molecule has 0 saturated carbocycles. The number of hydrogen-bond acceptors (Lipinski definition) is 2. The van der Waals surface area contributed by atoms with Gasteiger partial charge in [-0.1, -0.05) is 73.1 Å². The third-order valence-electron chi connectivity index (χ3n) is 5.69. The van der Waals surface area contributed by atoms with E-state index in [2.05, 4.69) is 48.0 Å². The number of benzene rings is 3. The second-order valence-corrected chi connectivity index (χ2v) is 7.72. The molecule has 30 heavy (non-hydrogen) atoms. The molecule has 0 spiro atoms. The fourth-order valence-electron chi connectivity index (χ4n) is 4.17. The first-order chi connectivity index (χ1) is 14.7. The molecule has 2 heterocycles. The molecule has 1 unspecified atom stereocenters. The monoisotopic (exact) mass is 411 g/mol. The molecule has 0 fully saturated rings. The lowest BCUT2D eigenvalue weighted by atomic mass is 9.86. The maximum Gasteiger partial charge on any atom is 0.225 e. The van der Waals surface area contributed by atoms with Crippen molar-refractivity contribution in [2.24, 2.45) is 0 Å². The molecule has 147 valence electrons. The van der Waals surface area contributed by atoms with Crippen LogP contribution in [0.2, 0.25) is 5.02 Å². The third-order valence-corrected chi connectivity index (χ3v) is 5.94. The molecule has 0 amide bonds. The molecule has 5 aromatic rings. The minimum atomic E-state index is -0.617. The van der Waals surface area contributed by atoms with Crippen LogP contribution < -0.4 is 0 Å². The van der Waals surface area contributed by atoms with E-state index in [1.54, 1.807) is 6.26 Å². The van der Waals surface area contributed by atoms with Gasteiger partial charge >= 0.3 is 0 Å². The van der Waals surface area contributed by atoms with E-state index in [1.807, 2.05) is 54.6 Å². The Balaban J connectivity index is 1.77. The van der Waals surface area contributed by atoms with Crippen LogP contribution in [0.4, 0.5) is 0 Å². The standard InChI is InChI=1S/C26H20ClN2O/c1-2-26(21-12-14-22(27)15-13-21,29-17-16-20-10-6-7-11-24(20)29)25-28-23(18-30-25)19-8-4-3-5-9-19/h3-9,11-18H,2H2,1H3. The minimum Gasteiger partial charge on any atom is -0.445 e. The number of nitrogens with zero attached hydrogens (tertiary/aromatic N) is 2. The van der Waals surface area contributed by atoms with E-state index in [0.29, 0.717) is 10.9 Å². The Bertz CT molecular complexity index is 1290. The fourth-order valence-corrected chi connectivity index (χ4v) is 4.29. The zero-order valence-corrected chi connectivity index (χ0v) is 17.3. The highest BCUT2D eigenvalue weighted by Gasteiger charge is 2.40.